The van der Waals surface area contributed by atoms with Crippen LogP contribution >= 0.6 is 0 Å². The maximum absolute atomic E-state index is 5.75. The quantitative estimate of drug-likeness (QED) is 0.856. The Bertz CT molecular complexity index is 488. The van der Waals surface area contributed by atoms with Gasteiger partial charge >= 0.3 is 0 Å². The summed E-state index contributed by atoms with van der Waals surface area (Å²) in [5, 5.41) is 4.28. The van der Waals surface area contributed by atoms with E-state index in [-0.39, 0.29) is 0 Å². The first-order valence-corrected chi connectivity index (χ1v) is 5.47. The molecule has 0 aromatic carbocycles. The van der Waals surface area contributed by atoms with Crippen molar-refractivity contribution < 1.29 is 0 Å². The first-order valence-electron chi connectivity index (χ1n) is 5.47. The van der Waals surface area contributed by atoms with E-state index < -0.39 is 0 Å². The number of pyridine rings is 1. The normalized spacial score (nSPS) is 10.6. The molecule has 0 aliphatic rings. The highest BCUT2D eigenvalue weighted by Gasteiger charge is 2.07. The predicted molar refractivity (Wildman–Crippen MR) is 64.9 cm³/mol. The minimum Gasteiger partial charge on any atom is -0.397 e. The van der Waals surface area contributed by atoms with Crippen molar-refractivity contribution in [3.05, 3.63) is 30.1 Å². The van der Waals surface area contributed by atoms with E-state index >= 15 is 0 Å². The Morgan fingerprint density at radius 3 is 2.81 bits per heavy atom. The maximum Gasteiger partial charge on any atom is 0.0887 e. The van der Waals surface area contributed by atoms with Gasteiger partial charge in [-0.15, -0.1) is 0 Å². The van der Waals surface area contributed by atoms with E-state index in [2.05, 4.69) is 17.0 Å². The zero-order valence-electron chi connectivity index (χ0n) is 9.64. The second kappa shape index (κ2) is 4.35. The molecule has 84 valence electrons. The summed E-state index contributed by atoms with van der Waals surface area (Å²) in [6, 6.07) is 5.81. The first kappa shape index (κ1) is 10.7. The lowest BCUT2D eigenvalue weighted by atomic mass is 10.2. The Labute approximate surface area is 95.1 Å². The zero-order chi connectivity index (χ0) is 11.5. The van der Waals surface area contributed by atoms with Crippen molar-refractivity contribution >= 4 is 5.69 Å². The van der Waals surface area contributed by atoms with Gasteiger partial charge in [0.2, 0.25) is 0 Å². The smallest absolute Gasteiger partial charge is 0.0887 e. The molecule has 0 radical (unpaired) electrons. The minimum absolute atomic E-state index is 0.727. The van der Waals surface area contributed by atoms with Crippen LogP contribution in [0.15, 0.2) is 24.4 Å². The van der Waals surface area contributed by atoms with E-state index in [4.69, 9.17) is 5.73 Å². The topological polar surface area (TPSA) is 56.7 Å². The molecular formula is C12H16N4. The average molecular weight is 216 g/mol. The van der Waals surface area contributed by atoms with Gasteiger partial charge in [-0.3, -0.25) is 4.68 Å². The molecule has 2 aromatic rings. The van der Waals surface area contributed by atoms with E-state index in [1.165, 1.54) is 0 Å². The summed E-state index contributed by atoms with van der Waals surface area (Å²) >= 11 is 0. The molecule has 0 fully saturated rings. The van der Waals surface area contributed by atoms with Crippen molar-refractivity contribution in [1.82, 2.24) is 14.8 Å². The Morgan fingerprint density at radius 1 is 1.31 bits per heavy atom. The fourth-order valence-electron chi connectivity index (χ4n) is 1.65. The molecule has 0 spiro atoms. The van der Waals surface area contributed by atoms with Gasteiger partial charge in [0, 0.05) is 12.7 Å². The largest absolute Gasteiger partial charge is 0.397 e. The van der Waals surface area contributed by atoms with Crippen LogP contribution in [0.3, 0.4) is 0 Å². The molecule has 2 heterocycles. The fraction of sp³-hybridized carbons (Fsp3) is 0.333. The second-order valence-electron chi connectivity index (χ2n) is 3.81. The Kier molecular flexibility index (Phi) is 2.90. The highest BCUT2D eigenvalue weighted by molar-refractivity contribution is 5.58. The lowest BCUT2D eigenvalue weighted by Crippen LogP contribution is -2.03. The third-order valence-corrected chi connectivity index (χ3v) is 2.54. The molecule has 4 heteroatoms. The first-order chi connectivity index (χ1) is 7.72. The predicted octanol–water partition coefficient (Wildman–Crippen LogP) is 2.25. The monoisotopic (exact) mass is 216 g/mol. The van der Waals surface area contributed by atoms with E-state index in [0.29, 0.717) is 0 Å². The Balaban J connectivity index is 2.42. The third-order valence-electron chi connectivity index (χ3n) is 2.54. The molecule has 0 amide bonds. The molecule has 0 unspecified atom stereocenters. The van der Waals surface area contributed by atoms with Crippen molar-refractivity contribution in [2.45, 2.75) is 26.8 Å². The molecule has 0 atom stereocenters. The summed E-state index contributed by atoms with van der Waals surface area (Å²) in [6.07, 6.45) is 2.86. The number of anilines is 1. The number of aryl methyl sites for hydroxylation is 2. The number of nitrogens with two attached hydrogens (primary N) is 1. The van der Waals surface area contributed by atoms with E-state index in [9.17, 15) is 0 Å². The summed E-state index contributed by atoms with van der Waals surface area (Å²) in [5.74, 6) is 0. The van der Waals surface area contributed by atoms with Gasteiger partial charge in [0.15, 0.2) is 0 Å². The number of aromatic nitrogens is 3. The van der Waals surface area contributed by atoms with Crippen LogP contribution in [0.1, 0.15) is 19.0 Å². The van der Waals surface area contributed by atoms with Crippen molar-refractivity contribution in [2.24, 2.45) is 0 Å². The number of hydrogen-bond donors (Lipinski definition) is 1. The van der Waals surface area contributed by atoms with Crippen molar-refractivity contribution in [3.63, 3.8) is 0 Å². The summed E-state index contributed by atoms with van der Waals surface area (Å²) < 4.78 is 1.97. The SMILES string of the molecule is CCCn1nccc1-c1ccc(N)c(C)n1. The number of nitrogen functional groups attached to an aromatic ring is 1. The number of nitrogens with zero attached hydrogens (tertiary/aromatic N) is 3. The molecule has 4 nitrogen and oxygen atoms in total. The molecule has 2 N–H and O–H groups in total. The molecule has 2 rings (SSSR count). The molecule has 0 bridgehead atoms. The zero-order valence-corrected chi connectivity index (χ0v) is 9.64. The van der Waals surface area contributed by atoms with Gasteiger partial charge in [-0.25, -0.2) is 4.98 Å². The lowest BCUT2D eigenvalue weighted by molar-refractivity contribution is 0.608. The van der Waals surface area contributed by atoms with Crippen LogP contribution < -0.4 is 5.73 Å². The highest BCUT2D eigenvalue weighted by atomic mass is 15.3. The van der Waals surface area contributed by atoms with Gasteiger partial charge in [-0.1, -0.05) is 6.92 Å². The summed E-state index contributed by atoms with van der Waals surface area (Å²) in [4.78, 5) is 4.47. The maximum atomic E-state index is 5.75. The van der Waals surface area contributed by atoms with Gasteiger partial charge in [0.05, 0.1) is 22.8 Å². The van der Waals surface area contributed by atoms with Crippen LogP contribution in [0.4, 0.5) is 5.69 Å². The van der Waals surface area contributed by atoms with Crippen molar-refractivity contribution in [1.29, 1.82) is 0 Å². The molecule has 0 saturated heterocycles. The summed E-state index contributed by atoms with van der Waals surface area (Å²) in [5.41, 5.74) is 9.32. The van der Waals surface area contributed by atoms with Crippen LogP contribution in [0.25, 0.3) is 11.4 Å². The molecule has 2 aromatic heterocycles. The summed E-state index contributed by atoms with van der Waals surface area (Å²) in [6.45, 7) is 4.96. The van der Waals surface area contributed by atoms with Crippen molar-refractivity contribution in [2.75, 3.05) is 5.73 Å². The summed E-state index contributed by atoms with van der Waals surface area (Å²) in [7, 11) is 0. The van der Waals surface area contributed by atoms with Crippen LogP contribution in [-0.4, -0.2) is 14.8 Å². The Morgan fingerprint density at radius 2 is 2.12 bits per heavy atom. The average Bonchev–Trinajstić information content (AvgIpc) is 2.71. The van der Waals surface area contributed by atoms with Crippen molar-refractivity contribution in [3.8, 4) is 11.4 Å². The highest BCUT2D eigenvalue weighted by Crippen LogP contribution is 2.19. The van der Waals surface area contributed by atoms with Gasteiger partial charge in [-0.2, -0.15) is 5.10 Å². The fourth-order valence-corrected chi connectivity index (χ4v) is 1.65. The van der Waals surface area contributed by atoms with Crippen LogP contribution in [0.5, 0.6) is 0 Å². The Hall–Kier alpha value is -1.84. The van der Waals surface area contributed by atoms with E-state index in [0.717, 1.165) is 35.7 Å². The molecular weight excluding hydrogens is 200 g/mol. The number of hydrogen-bond acceptors (Lipinski definition) is 3. The van der Waals surface area contributed by atoms with Crippen LogP contribution in [0, 0.1) is 6.92 Å². The third kappa shape index (κ3) is 1.91. The molecule has 16 heavy (non-hydrogen) atoms. The van der Waals surface area contributed by atoms with E-state index in [1.807, 2.05) is 29.8 Å². The van der Waals surface area contributed by atoms with Crippen LogP contribution in [-0.2, 0) is 6.54 Å². The standard InChI is InChI=1S/C12H16N4/c1-3-8-16-12(6-7-14-16)11-5-4-10(13)9(2)15-11/h4-7H,3,8,13H2,1-2H3. The van der Waals surface area contributed by atoms with Gasteiger partial charge < -0.3 is 5.73 Å². The minimum atomic E-state index is 0.727. The molecule has 0 saturated carbocycles. The second-order valence-corrected chi connectivity index (χ2v) is 3.81. The van der Waals surface area contributed by atoms with Gasteiger partial charge in [-0.05, 0) is 31.5 Å². The molecule has 0 aliphatic heterocycles. The van der Waals surface area contributed by atoms with E-state index in [1.54, 1.807) is 6.20 Å². The lowest BCUT2D eigenvalue weighted by Gasteiger charge is -2.07. The molecule has 0 aliphatic carbocycles. The van der Waals surface area contributed by atoms with Gasteiger partial charge in [0.1, 0.15) is 0 Å². The van der Waals surface area contributed by atoms with Gasteiger partial charge in [0.25, 0.3) is 0 Å². The van der Waals surface area contributed by atoms with Crippen LogP contribution in [0.2, 0.25) is 0 Å². The number of rotatable bonds is 3.